The number of benzene rings is 1. The average Bonchev–Trinajstić information content (AvgIpc) is 3.29. The van der Waals surface area contributed by atoms with Crippen LogP contribution < -0.4 is 0 Å². The molecule has 0 amide bonds. The Kier molecular flexibility index (Phi) is 8.71. The Morgan fingerprint density at radius 1 is 1.18 bits per heavy atom. The molecule has 3 rings (SSSR count). The minimum atomic E-state index is 0.268. The Morgan fingerprint density at radius 2 is 1.91 bits per heavy atom. The van der Waals surface area contributed by atoms with Gasteiger partial charge in [0.15, 0.2) is 0 Å². The Hall–Kier alpha value is -3.32. The summed E-state index contributed by atoms with van der Waals surface area (Å²) < 4.78 is 5.54. The zero-order chi connectivity index (χ0) is 24.7. The third-order valence-corrected chi connectivity index (χ3v) is 6.49. The van der Waals surface area contributed by atoms with Gasteiger partial charge >= 0.3 is 0 Å². The van der Waals surface area contributed by atoms with E-state index >= 15 is 0 Å². The fraction of sp³-hybridized carbons (Fsp3) is 0.400. The van der Waals surface area contributed by atoms with E-state index in [-0.39, 0.29) is 5.92 Å². The lowest BCUT2D eigenvalue weighted by Gasteiger charge is -2.34. The van der Waals surface area contributed by atoms with E-state index in [1.54, 1.807) is 6.26 Å². The van der Waals surface area contributed by atoms with E-state index in [9.17, 15) is 5.26 Å². The monoisotopic (exact) mass is 455 g/mol. The molecular weight excluding hydrogens is 418 g/mol. The third-order valence-electron chi connectivity index (χ3n) is 6.49. The number of aryl methyl sites for hydroxylation is 2. The largest absolute Gasteiger partial charge is 0.469 e. The molecule has 0 saturated carbocycles. The minimum Gasteiger partial charge on any atom is -0.469 e. The fourth-order valence-corrected chi connectivity index (χ4v) is 4.65. The number of hydrogen-bond acceptors (Lipinski definition) is 4. The minimum absolute atomic E-state index is 0.268. The summed E-state index contributed by atoms with van der Waals surface area (Å²) in [5.74, 6) is 1.16. The summed E-state index contributed by atoms with van der Waals surface area (Å²) >= 11 is 0. The highest BCUT2D eigenvalue weighted by Crippen LogP contribution is 2.31. The molecule has 0 spiro atoms. The molecule has 1 aromatic carbocycles. The molecular formula is C30H37N3O. The van der Waals surface area contributed by atoms with E-state index in [1.807, 2.05) is 37.3 Å². The Bertz CT molecular complexity index is 1140. The molecule has 2 aromatic heterocycles. The first-order valence-electron chi connectivity index (χ1n) is 12.4. The van der Waals surface area contributed by atoms with Gasteiger partial charge in [0.05, 0.1) is 23.2 Å². The molecule has 34 heavy (non-hydrogen) atoms. The fourth-order valence-electron chi connectivity index (χ4n) is 4.65. The highest BCUT2D eigenvalue weighted by Gasteiger charge is 2.22. The zero-order valence-electron chi connectivity index (χ0n) is 21.3. The molecule has 0 aliphatic heterocycles. The molecule has 0 bridgehead atoms. The van der Waals surface area contributed by atoms with Crippen LogP contribution in [0.5, 0.6) is 0 Å². The van der Waals surface area contributed by atoms with Crippen LogP contribution in [-0.4, -0.2) is 22.5 Å². The highest BCUT2D eigenvalue weighted by molar-refractivity contribution is 5.68. The first-order valence-corrected chi connectivity index (χ1v) is 12.4. The van der Waals surface area contributed by atoms with Crippen LogP contribution in [0.4, 0.5) is 0 Å². The number of hydrogen-bond donors (Lipinski definition) is 0. The summed E-state index contributed by atoms with van der Waals surface area (Å²) in [5.41, 5.74) is 6.86. The molecule has 0 radical (unpaired) electrons. The van der Waals surface area contributed by atoms with E-state index < -0.39 is 0 Å². The second-order valence-corrected chi connectivity index (χ2v) is 9.18. The summed E-state index contributed by atoms with van der Waals surface area (Å²) in [4.78, 5) is 7.47. The predicted molar refractivity (Wildman–Crippen MR) is 140 cm³/mol. The molecule has 4 nitrogen and oxygen atoms in total. The summed E-state index contributed by atoms with van der Waals surface area (Å²) in [6.07, 6.45) is 5.43. The van der Waals surface area contributed by atoms with Crippen molar-refractivity contribution >= 4 is 5.70 Å². The van der Waals surface area contributed by atoms with Gasteiger partial charge in [-0.05, 0) is 56.2 Å². The molecule has 0 N–H and O–H groups in total. The lowest BCUT2D eigenvalue weighted by molar-refractivity contribution is 0.271. The van der Waals surface area contributed by atoms with E-state index in [1.165, 1.54) is 0 Å². The van der Waals surface area contributed by atoms with E-state index in [0.717, 1.165) is 71.8 Å². The molecule has 3 aromatic rings. The quantitative estimate of drug-likeness (QED) is 0.297. The van der Waals surface area contributed by atoms with Crippen molar-refractivity contribution in [3.8, 4) is 17.2 Å². The van der Waals surface area contributed by atoms with Gasteiger partial charge in [0.25, 0.3) is 0 Å². The van der Waals surface area contributed by atoms with Crippen LogP contribution in [0.1, 0.15) is 81.2 Å². The lowest BCUT2D eigenvalue weighted by Crippen LogP contribution is -2.34. The van der Waals surface area contributed by atoms with Gasteiger partial charge < -0.3 is 9.32 Å². The van der Waals surface area contributed by atoms with Crippen molar-refractivity contribution in [2.24, 2.45) is 0 Å². The van der Waals surface area contributed by atoms with Crippen LogP contribution in [0.15, 0.2) is 59.7 Å². The van der Waals surface area contributed by atoms with Crippen molar-refractivity contribution in [3.05, 3.63) is 83.6 Å². The SMILES string of the molecule is C=C(c1ccoc1C)N(CCC)C(CC)CCc1nc(C(C)C)c(-c2ccccc2)cc1C#N. The first kappa shape index (κ1) is 25.3. The van der Waals surface area contributed by atoms with E-state index in [0.29, 0.717) is 11.6 Å². The number of rotatable bonds is 11. The molecule has 1 unspecified atom stereocenters. The predicted octanol–water partition coefficient (Wildman–Crippen LogP) is 7.74. The standard InChI is InChI=1S/C30H37N3O/c1-7-17-33(22(5)27-16-18-34-23(27)6)26(8-2)14-15-29-25(20-31)19-28(30(32-29)21(3)4)24-12-10-9-11-13-24/h9-13,16,18-19,21,26H,5,7-8,14-15,17H2,1-4,6H3. The van der Waals surface area contributed by atoms with Crippen LogP contribution >= 0.6 is 0 Å². The molecule has 0 saturated heterocycles. The zero-order valence-corrected chi connectivity index (χ0v) is 21.3. The number of nitriles is 1. The first-order chi connectivity index (χ1) is 16.4. The van der Waals surface area contributed by atoms with E-state index in [2.05, 4.69) is 57.4 Å². The number of nitrogens with zero attached hydrogens (tertiary/aromatic N) is 3. The Balaban J connectivity index is 1.90. The molecule has 4 heteroatoms. The van der Waals surface area contributed by atoms with E-state index in [4.69, 9.17) is 9.40 Å². The van der Waals surface area contributed by atoms with Gasteiger partial charge in [-0.25, -0.2) is 0 Å². The van der Waals surface area contributed by atoms with Crippen molar-refractivity contribution in [3.63, 3.8) is 0 Å². The van der Waals surface area contributed by atoms with Crippen LogP contribution in [0, 0.1) is 18.3 Å². The van der Waals surface area contributed by atoms with Crippen LogP contribution in [0.3, 0.4) is 0 Å². The van der Waals surface area contributed by atoms with Crippen LogP contribution in [0.25, 0.3) is 16.8 Å². The molecule has 0 aliphatic rings. The second kappa shape index (κ2) is 11.7. The maximum absolute atomic E-state index is 9.95. The maximum atomic E-state index is 9.95. The lowest BCUT2D eigenvalue weighted by atomic mass is 9.93. The molecule has 0 fully saturated rings. The summed E-state index contributed by atoms with van der Waals surface area (Å²) in [5, 5.41) is 9.95. The van der Waals surface area contributed by atoms with Gasteiger partial charge in [-0.3, -0.25) is 4.98 Å². The van der Waals surface area contributed by atoms with Crippen molar-refractivity contribution in [1.29, 1.82) is 5.26 Å². The van der Waals surface area contributed by atoms with Gasteiger partial charge in [-0.1, -0.05) is 64.6 Å². The van der Waals surface area contributed by atoms with Crippen LogP contribution in [-0.2, 0) is 6.42 Å². The van der Waals surface area contributed by atoms with Gasteiger partial charge in [-0.2, -0.15) is 5.26 Å². The second-order valence-electron chi connectivity index (χ2n) is 9.18. The number of pyridine rings is 1. The maximum Gasteiger partial charge on any atom is 0.109 e. The average molecular weight is 456 g/mol. The third kappa shape index (κ3) is 5.59. The summed E-state index contributed by atoms with van der Waals surface area (Å²) in [6, 6.07) is 17.0. The number of aromatic nitrogens is 1. The number of furan rings is 1. The van der Waals surface area contributed by atoms with Gasteiger partial charge in [0.1, 0.15) is 11.8 Å². The molecule has 2 heterocycles. The van der Waals surface area contributed by atoms with Crippen molar-refractivity contribution in [1.82, 2.24) is 9.88 Å². The van der Waals surface area contributed by atoms with Crippen LogP contribution in [0.2, 0.25) is 0 Å². The molecule has 0 aliphatic carbocycles. The van der Waals surface area contributed by atoms with Crippen molar-refractivity contribution < 1.29 is 4.42 Å². The van der Waals surface area contributed by atoms with Crippen molar-refractivity contribution in [2.45, 2.75) is 72.3 Å². The summed E-state index contributed by atoms with van der Waals surface area (Å²) in [6.45, 7) is 16.1. The smallest absolute Gasteiger partial charge is 0.109 e. The highest BCUT2D eigenvalue weighted by atomic mass is 16.3. The van der Waals surface area contributed by atoms with Gasteiger partial charge in [0.2, 0.25) is 0 Å². The Labute approximate surface area is 204 Å². The Morgan fingerprint density at radius 3 is 2.47 bits per heavy atom. The van der Waals surface area contributed by atoms with Crippen molar-refractivity contribution in [2.75, 3.05) is 6.54 Å². The van der Waals surface area contributed by atoms with Gasteiger partial charge in [-0.15, -0.1) is 0 Å². The molecule has 1 atom stereocenters. The molecule has 178 valence electrons. The topological polar surface area (TPSA) is 53.1 Å². The normalized spacial score (nSPS) is 11.9. The summed E-state index contributed by atoms with van der Waals surface area (Å²) in [7, 11) is 0. The van der Waals surface area contributed by atoms with Gasteiger partial charge in [0, 0.05) is 29.4 Å².